The molecule has 0 radical (unpaired) electrons. The van der Waals surface area contributed by atoms with Gasteiger partial charge < -0.3 is 10.1 Å². The number of amides is 2. The molecule has 2 aliphatic rings. The highest BCUT2D eigenvalue weighted by atomic mass is 32.1. The molecular weight excluding hydrogens is 398 g/mol. The van der Waals surface area contributed by atoms with Gasteiger partial charge in [-0.2, -0.15) is 0 Å². The Morgan fingerprint density at radius 1 is 1.23 bits per heavy atom. The van der Waals surface area contributed by atoms with Crippen molar-refractivity contribution in [3.8, 4) is 5.75 Å². The summed E-state index contributed by atoms with van der Waals surface area (Å²) in [5.74, 6) is 1.17. The molecular formula is C23H29N3O3S. The first-order chi connectivity index (χ1) is 14.6. The first-order valence-corrected chi connectivity index (χ1v) is 11.6. The zero-order valence-corrected chi connectivity index (χ0v) is 18.2. The topological polar surface area (TPSA) is 61.9 Å². The number of carbonyl (C=O) groups is 2. The quantitative estimate of drug-likeness (QED) is 0.767. The number of piperidine rings is 1. The maximum atomic E-state index is 12.8. The summed E-state index contributed by atoms with van der Waals surface area (Å²) in [7, 11) is 0. The van der Waals surface area contributed by atoms with Crippen LogP contribution in [0.2, 0.25) is 0 Å². The standard InChI is InChI=1S/C23H29N3O3S/c1-17-8-11-25(12-9-17)19(21-7-4-14-30-21)15-24-22(27)16-26-18-5-2-3-6-20(18)29-13-10-23(26)28/h2-7,14,17,19H,8-13,15-16H2,1H3,(H,24,27). The Labute approximate surface area is 181 Å². The third-order valence-corrected chi connectivity index (χ3v) is 6.93. The van der Waals surface area contributed by atoms with Crippen LogP contribution < -0.4 is 15.0 Å². The minimum absolute atomic E-state index is 0.00734. The smallest absolute Gasteiger partial charge is 0.240 e. The third kappa shape index (κ3) is 4.84. The fourth-order valence-corrected chi connectivity index (χ4v) is 4.99. The van der Waals surface area contributed by atoms with E-state index in [1.54, 1.807) is 16.2 Å². The van der Waals surface area contributed by atoms with E-state index in [2.05, 4.69) is 34.7 Å². The number of rotatable bonds is 6. The van der Waals surface area contributed by atoms with Crippen LogP contribution in [0.3, 0.4) is 0 Å². The van der Waals surface area contributed by atoms with Crippen molar-refractivity contribution in [2.24, 2.45) is 5.92 Å². The van der Waals surface area contributed by atoms with Crippen molar-refractivity contribution in [1.82, 2.24) is 10.2 Å². The molecule has 2 aromatic rings. The van der Waals surface area contributed by atoms with E-state index < -0.39 is 0 Å². The number of anilines is 1. The summed E-state index contributed by atoms with van der Waals surface area (Å²) in [5.41, 5.74) is 0.662. The minimum atomic E-state index is -0.146. The van der Waals surface area contributed by atoms with Gasteiger partial charge >= 0.3 is 0 Å². The van der Waals surface area contributed by atoms with Gasteiger partial charge in [0, 0.05) is 11.4 Å². The number of hydrogen-bond acceptors (Lipinski definition) is 5. The van der Waals surface area contributed by atoms with Crippen molar-refractivity contribution in [3.05, 3.63) is 46.7 Å². The molecule has 6 nitrogen and oxygen atoms in total. The molecule has 4 rings (SSSR count). The van der Waals surface area contributed by atoms with Gasteiger partial charge in [-0.25, -0.2) is 0 Å². The summed E-state index contributed by atoms with van der Waals surface area (Å²) >= 11 is 1.73. The Hall–Kier alpha value is -2.38. The van der Waals surface area contributed by atoms with Crippen LogP contribution in [0, 0.1) is 5.92 Å². The molecule has 1 N–H and O–H groups in total. The van der Waals surface area contributed by atoms with Crippen LogP contribution in [0.1, 0.15) is 37.1 Å². The van der Waals surface area contributed by atoms with E-state index in [1.165, 1.54) is 17.7 Å². The molecule has 2 aliphatic heterocycles. The molecule has 1 atom stereocenters. The van der Waals surface area contributed by atoms with Crippen molar-refractivity contribution in [2.75, 3.05) is 37.7 Å². The summed E-state index contributed by atoms with van der Waals surface area (Å²) in [6.07, 6.45) is 2.65. The van der Waals surface area contributed by atoms with Gasteiger partial charge in [-0.05, 0) is 55.4 Å². The first kappa shape index (κ1) is 20.9. The second-order valence-corrected chi connectivity index (χ2v) is 9.08. The molecule has 30 heavy (non-hydrogen) atoms. The first-order valence-electron chi connectivity index (χ1n) is 10.7. The summed E-state index contributed by atoms with van der Waals surface area (Å²) in [6.45, 7) is 5.30. The number of benzene rings is 1. The van der Waals surface area contributed by atoms with E-state index >= 15 is 0 Å². The number of ether oxygens (including phenoxy) is 1. The Kier molecular flexibility index (Phi) is 6.69. The van der Waals surface area contributed by atoms with E-state index in [0.717, 1.165) is 19.0 Å². The largest absolute Gasteiger partial charge is 0.491 e. The highest BCUT2D eigenvalue weighted by molar-refractivity contribution is 7.10. The van der Waals surface area contributed by atoms with E-state index in [0.29, 0.717) is 24.6 Å². The lowest BCUT2D eigenvalue weighted by Crippen LogP contribution is -2.45. The number of hydrogen-bond donors (Lipinski definition) is 1. The van der Waals surface area contributed by atoms with Crippen LogP contribution in [0.25, 0.3) is 0 Å². The lowest BCUT2D eigenvalue weighted by molar-refractivity contribution is -0.124. The molecule has 1 unspecified atom stereocenters. The van der Waals surface area contributed by atoms with E-state index in [9.17, 15) is 9.59 Å². The van der Waals surface area contributed by atoms with Gasteiger partial charge in [0.05, 0.1) is 24.8 Å². The fourth-order valence-electron chi connectivity index (χ4n) is 4.13. The highest BCUT2D eigenvalue weighted by Gasteiger charge is 2.28. The molecule has 3 heterocycles. The van der Waals surface area contributed by atoms with Crippen molar-refractivity contribution < 1.29 is 14.3 Å². The maximum Gasteiger partial charge on any atom is 0.240 e. The number of carbonyl (C=O) groups excluding carboxylic acids is 2. The lowest BCUT2D eigenvalue weighted by atomic mass is 9.97. The molecule has 1 saturated heterocycles. The zero-order chi connectivity index (χ0) is 20.9. The van der Waals surface area contributed by atoms with Gasteiger partial charge in [0.25, 0.3) is 0 Å². The molecule has 160 valence electrons. The van der Waals surface area contributed by atoms with Crippen molar-refractivity contribution in [2.45, 2.75) is 32.2 Å². The van der Waals surface area contributed by atoms with Gasteiger partial charge in [-0.1, -0.05) is 25.1 Å². The summed E-state index contributed by atoms with van der Waals surface area (Å²) in [6, 6.07) is 11.8. The van der Waals surface area contributed by atoms with Crippen LogP contribution >= 0.6 is 11.3 Å². The summed E-state index contributed by atoms with van der Waals surface area (Å²) in [5, 5.41) is 5.18. The number of thiophene rings is 1. The minimum Gasteiger partial charge on any atom is -0.491 e. The van der Waals surface area contributed by atoms with Crippen LogP contribution in [0.15, 0.2) is 41.8 Å². The summed E-state index contributed by atoms with van der Waals surface area (Å²) < 4.78 is 5.67. The fraction of sp³-hybridized carbons (Fsp3) is 0.478. The van der Waals surface area contributed by atoms with Crippen LogP contribution in [-0.2, 0) is 9.59 Å². The number of nitrogens with one attached hydrogen (secondary N) is 1. The number of likely N-dealkylation sites (tertiary alicyclic amines) is 1. The Morgan fingerprint density at radius 3 is 2.80 bits per heavy atom. The molecule has 1 fully saturated rings. The average molecular weight is 428 g/mol. The van der Waals surface area contributed by atoms with Gasteiger partial charge in [0.2, 0.25) is 11.8 Å². The van der Waals surface area contributed by atoms with Crippen LogP contribution in [0.4, 0.5) is 5.69 Å². The molecule has 1 aromatic heterocycles. The molecule has 0 bridgehead atoms. The van der Waals surface area contributed by atoms with Crippen LogP contribution in [-0.4, -0.2) is 49.5 Å². The number of para-hydroxylation sites is 2. The predicted molar refractivity (Wildman–Crippen MR) is 119 cm³/mol. The average Bonchev–Trinajstić information content (AvgIpc) is 3.23. The number of fused-ring (bicyclic) bond motifs is 1. The van der Waals surface area contributed by atoms with Crippen molar-refractivity contribution in [1.29, 1.82) is 0 Å². The normalized spacial score (nSPS) is 19.0. The van der Waals surface area contributed by atoms with Crippen molar-refractivity contribution >= 4 is 28.8 Å². The zero-order valence-electron chi connectivity index (χ0n) is 17.4. The molecule has 0 aliphatic carbocycles. The molecule has 0 saturated carbocycles. The van der Waals surface area contributed by atoms with Gasteiger partial charge in [0.15, 0.2) is 0 Å². The third-order valence-electron chi connectivity index (χ3n) is 5.96. The second-order valence-electron chi connectivity index (χ2n) is 8.10. The SMILES string of the molecule is CC1CCN(C(CNC(=O)CN2C(=O)CCOc3ccccc32)c2cccs2)CC1. The highest BCUT2D eigenvalue weighted by Crippen LogP contribution is 2.31. The maximum absolute atomic E-state index is 12.8. The monoisotopic (exact) mass is 427 g/mol. The molecule has 1 aromatic carbocycles. The Bertz CT molecular complexity index is 862. The van der Waals surface area contributed by atoms with E-state index in [4.69, 9.17) is 4.74 Å². The Balaban J connectivity index is 1.42. The predicted octanol–water partition coefficient (Wildman–Crippen LogP) is 3.45. The van der Waals surface area contributed by atoms with Gasteiger partial charge in [-0.15, -0.1) is 11.3 Å². The van der Waals surface area contributed by atoms with E-state index in [1.807, 2.05) is 24.3 Å². The molecule has 0 spiro atoms. The Morgan fingerprint density at radius 2 is 2.03 bits per heavy atom. The van der Waals surface area contributed by atoms with Crippen LogP contribution in [0.5, 0.6) is 5.75 Å². The van der Waals surface area contributed by atoms with Gasteiger partial charge in [0.1, 0.15) is 12.3 Å². The van der Waals surface area contributed by atoms with Gasteiger partial charge in [-0.3, -0.25) is 19.4 Å². The van der Waals surface area contributed by atoms with E-state index in [-0.39, 0.29) is 30.8 Å². The number of nitrogens with zero attached hydrogens (tertiary/aromatic N) is 2. The lowest BCUT2D eigenvalue weighted by Gasteiger charge is -2.36. The summed E-state index contributed by atoms with van der Waals surface area (Å²) in [4.78, 5) is 30.7. The van der Waals surface area contributed by atoms with Crippen molar-refractivity contribution in [3.63, 3.8) is 0 Å². The molecule has 7 heteroatoms. The molecule has 2 amide bonds. The second kappa shape index (κ2) is 9.62.